The lowest BCUT2D eigenvalue weighted by atomic mass is 10.1. The maximum atomic E-state index is 12.4. The second-order valence-corrected chi connectivity index (χ2v) is 5.39. The van der Waals surface area contributed by atoms with E-state index in [0.29, 0.717) is 6.54 Å². The maximum absolute atomic E-state index is 12.4. The second kappa shape index (κ2) is 6.91. The Balaban J connectivity index is 1.73. The molecule has 0 radical (unpaired) electrons. The summed E-state index contributed by atoms with van der Waals surface area (Å²) in [6, 6.07) is 13.5. The Morgan fingerprint density at radius 3 is 2.61 bits per heavy atom. The molecular weight excluding hydrogens is 290 g/mol. The molecule has 1 atom stereocenters. The number of amides is 1. The van der Waals surface area contributed by atoms with Crippen LogP contribution in [0, 0.1) is 6.92 Å². The highest BCUT2D eigenvalue weighted by Gasteiger charge is 2.16. The summed E-state index contributed by atoms with van der Waals surface area (Å²) in [6.07, 6.45) is 5.32. The summed E-state index contributed by atoms with van der Waals surface area (Å²) >= 11 is 0. The summed E-state index contributed by atoms with van der Waals surface area (Å²) in [5.74, 6) is -0.0715. The normalized spacial score (nSPS) is 12.0. The molecule has 1 aromatic carbocycles. The van der Waals surface area contributed by atoms with Gasteiger partial charge in [-0.2, -0.15) is 10.2 Å². The van der Waals surface area contributed by atoms with Gasteiger partial charge in [0.15, 0.2) is 0 Å². The van der Waals surface area contributed by atoms with Crippen molar-refractivity contribution in [2.75, 3.05) is 0 Å². The van der Waals surface area contributed by atoms with Gasteiger partial charge in [-0.25, -0.2) is 0 Å². The van der Waals surface area contributed by atoms with Crippen molar-refractivity contribution in [2.24, 2.45) is 0 Å². The highest BCUT2D eigenvalue weighted by Crippen LogP contribution is 2.14. The Morgan fingerprint density at radius 2 is 1.96 bits per heavy atom. The third kappa shape index (κ3) is 3.85. The molecule has 0 aliphatic heterocycles. The van der Waals surface area contributed by atoms with E-state index in [-0.39, 0.29) is 18.5 Å². The fraction of sp³-hybridized carbons (Fsp3) is 0.235. The number of aromatic nitrogens is 4. The van der Waals surface area contributed by atoms with Crippen LogP contribution in [-0.2, 0) is 17.9 Å². The van der Waals surface area contributed by atoms with Crippen LogP contribution in [-0.4, -0.2) is 25.5 Å². The van der Waals surface area contributed by atoms with Crippen molar-refractivity contribution >= 4 is 5.91 Å². The summed E-state index contributed by atoms with van der Waals surface area (Å²) < 4.78 is 3.50. The Hall–Kier alpha value is -2.89. The molecule has 0 aliphatic carbocycles. The number of rotatable bonds is 6. The summed E-state index contributed by atoms with van der Waals surface area (Å²) in [6.45, 7) is 2.72. The monoisotopic (exact) mass is 309 g/mol. The summed E-state index contributed by atoms with van der Waals surface area (Å²) in [5, 5.41) is 11.5. The minimum atomic E-state index is -0.139. The number of aryl methyl sites for hydroxylation is 1. The van der Waals surface area contributed by atoms with Gasteiger partial charge in [-0.1, -0.05) is 30.3 Å². The predicted octanol–water partition coefficient (Wildman–Crippen LogP) is 1.95. The van der Waals surface area contributed by atoms with E-state index in [2.05, 4.69) is 15.5 Å². The third-order valence-corrected chi connectivity index (χ3v) is 3.69. The van der Waals surface area contributed by atoms with Crippen LogP contribution >= 0.6 is 0 Å². The van der Waals surface area contributed by atoms with E-state index in [4.69, 9.17) is 0 Å². The van der Waals surface area contributed by atoms with Crippen LogP contribution in [0.15, 0.2) is 61.1 Å². The largest absolute Gasteiger partial charge is 0.346 e. The van der Waals surface area contributed by atoms with Crippen LogP contribution in [0.4, 0.5) is 0 Å². The Kier molecular flexibility index (Phi) is 4.52. The number of nitrogens with zero attached hydrogens (tertiary/aromatic N) is 4. The van der Waals surface area contributed by atoms with Gasteiger partial charge in [-0.05, 0) is 24.6 Å². The van der Waals surface area contributed by atoms with Crippen LogP contribution in [0.2, 0.25) is 0 Å². The lowest BCUT2D eigenvalue weighted by Crippen LogP contribution is -2.34. The molecule has 3 rings (SSSR count). The molecule has 118 valence electrons. The molecule has 1 amide bonds. The van der Waals surface area contributed by atoms with E-state index in [0.717, 1.165) is 11.3 Å². The fourth-order valence-electron chi connectivity index (χ4n) is 2.46. The van der Waals surface area contributed by atoms with Gasteiger partial charge in [0.1, 0.15) is 6.54 Å². The van der Waals surface area contributed by atoms with E-state index in [9.17, 15) is 4.79 Å². The van der Waals surface area contributed by atoms with E-state index in [1.54, 1.807) is 17.1 Å². The van der Waals surface area contributed by atoms with Gasteiger partial charge in [0.05, 0.1) is 12.6 Å². The molecule has 0 bridgehead atoms. The van der Waals surface area contributed by atoms with Crippen molar-refractivity contribution in [1.82, 2.24) is 24.9 Å². The highest BCUT2D eigenvalue weighted by molar-refractivity contribution is 5.76. The highest BCUT2D eigenvalue weighted by atomic mass is 16.2. The molecule has 6 heteroatoms. The van der Waals surface area contributed by atoms with Gasteiger partial charge in [0.25, 0.3) is 0 Å². The standard InChI is InChI=1S/C17H19N5O/c1-14-8-10-19-22(14)13-17(23)20-16(12-21-11-5-9-18-21)15-6-3-2-4-7-15/h2-11,16H,12-13H2,1H3,(H,20,23)/t16-/m1/s1. The van der Waals surface area contributed by atoms with Crippen molar-refractivity contribution in [3.05, 3.63) is 72.3 Å². The topological polar surface area (TPSA) is 64.7 Å². The summed E-state index contributed by atoms with van der Waals surface area (Å²) in [4.78, 5) is 12.4. The predicted molar refractivity (Wildman–Crippen MR) is 86.5 cm³/mol. The number of carbonyl (C=O) groups is 1. The number of nitrogens with one attached hydrogen (secondary N) is 1. The van der Waals surface area contributed by atoms with Gasteiger partial charge in [-0.15, -0.1) is 0 Å². The van der Waals surface area contributed by atoms with Crippen LogP contribution in [0.5, 0.6) is 0 Å². The van der Waals surface area contributed by atoms with Gasteiger partial charge in [0, 0.05) is 24.3 Å². The lowest BCUT2D eigenvalue weighted by Gasteiger charge is -2.19. The molecule has 0 aliphatic rings. The Labute approximate surface area is 134 Å². The summed E-state index contributed by atoms with van der Waals surface area (Å²) in [7, 11) is 0. The van der Waals surface area contributed by atoms with Crippen LogP contribution in [0.1, 0.15) is 17.3 Å². The number of hydrogen-bond donors (Lipinski definition) is 1. The SMILES string of the molecule is Cc1ccnn1CC(=O)N[C@H](Cn1cccn1)c1ccccc1. The summed E-state index contributed by atoms with van der Waals surface area (Å²) in [5.41, 5.74) is 2.01. The molecule has 2 heterocycles. The van der Waals surface area contributed by atoms with E-state index < -0.39 is 0 Å². The molecule has 6 nitrogen and oxygen atoms in total. The van der Waals surface area contributed by atoms with Crippen molar-refractivity contribution in [1.29, 1.82) is 0 Å². The molecule has 2 aromatic heterocycles. The first-order valence-corrected chi connectivity index (χ1v) is 7.52. The number of carbonyl (C=O) groups excluding carboxylic acids is 1. The minimum Gasteiger partial charge on any atom is -0.346 e. The van der Waals surface area contributed by atoms with E-state index >= 15 is 0 Å². The quantitative estimate of drug-likeness (QED) is 0.757. The second-order valence-electron chi connectivity index (χ2n) is 5.39. The molecule has 0 saturated carbocycles. The van der Waals surface area contributed by atoms with Crippen LogP contribution < -0.4 is 5.32 Å². The average Bonchev–Trinajstić information content (AvgIpc) is 3.20. The third-order valence-electron chi connectivity index (χ3n) is 3.69. The van der Waals surface area contributed by atoms with Gasteiger partial charge < -0.3 is 5.32 Å². The first kappa shape index (κ1) is 15.0. The Bertz CT molecular complexity index is 748. The van der Waals surface area contributed by atoms with E-state index in [1.165, 1.54) is 0 Å². The maximum Gasteiger partial charge on any atom is 0.242 e. The molecule has 23 heavy (non-hydrogen) atoms. The van der Waals surface area contributed by atoms with Gasteiger partial charge >= 0.3 is 0 Å². The number of benzene rings is 1. The molecule has 0 saturated heterocycles. The first-order valence-electron chi connectivity index (χ1n) is 7.52. The van der Waals surface area contributed by atoms with Crippen molar-refractivity contribution in [3.63, 3.8) is 0 Å². The fourth-order valence-corrected chi connectivity index (χ4v) is 2.46. The van der Waals surface area contributed by atoms with Gasteiger partial charge in [0.2, 0.25) is 5.91 Å². The molecule has 1 N–H and O–H groups in total. The molecule has 0 unspecified atom stereocenters. The first-order chi connectivity index (χ1) is 11.2. The zero-order valence-corrected chi connectivity index (χ0v) is 13.0. The molecule has 0 fully saturated rings. The molecular formula is C17H19N5O. The zero-order valence-electron chi connectivity index (χ0n) is 13.0. The average molecular weight is 309 g/mol. The number of hydrogen-bond acceptors (Lipinski definition) is 3. The zero-order chi connectivity index (χ0) is 16.1. The van der Waals surface area contributed by atoms with Crippen molar-refractivity contribution in [2.45, 2.75) is 26.1 Å². The minimum absolute atomic E-state index is 0.0715. The van der Waals surface area contributed by atoms with E-state index in [1.807, 2.05) is 60.3 Å². The molecule has 3 aromatic rings. The van der Waals surface area contributed by atoms with Crippen LogP contribution in [0.3, 0.4) is 0 Å². The Morgan fingerprint density at radius 1 is 1.13 bits per heavy atom. The molecule has 0 spiro atoms. The smallest absolute Gasteiger partial charge is 0.242 e. The van der Waals surface area contributed by atoms with Crippen LogP contribution in [0.25, 0.3) is 0 Å². The van der Waals surface area contributed by atoms with Gasteiger partial charge in [-0.3, -0.25) is 14.2 Å². The van der Waals surface area contributed by atoms with Crippen molar-refractivity contribution < 1.29 is 4.79 Å². The lowest BCUT2D eigenvalue weighted by molar-refractivity contribution is -0.122. The van der Waals surface area contributed by atoms with Crippen molar-refractivity contribution in [3.8, 4) is 0 Å².